The summed E-state index contributed by atoms with van der Waals surface area (Å²) in [4.78, 5) is 16.8. The minimum Gasteiger partial charge on any atom is -0.371 e. The van der Waals surface area contributed by atoms with Gasteiger partial charge >= 0.3 is 0 Å². The van der Waals surface area contributed by atoms with Crippen LogP contribution in [-0.4, -0.2) is 51.9 Å². The van der Waals surface area contributed by atoms with Crippen LogP contribution >= 0.6 is 0 Å². The molecule has 2 aromatic carbocycles. The van der Waals surface area contributed by atoms with Crippen molar-refractivity contribution in [3.05, 3.63) is 60.2 Å². The van der Waals surface area contributed by atoms with Crippen LogP contribution in [0.25, 0.3) is 0 Å². The fourth-order valence-corrected chi connectivity index (χ4v) is 4.73. The van der Waals surface area contributed by atoms with Gasteiger partial charge in [0.15, 0.2) is 0 Å². The lowest BCUT2D eigenvalue weighted by atomic mass is 10.0. The molecule has 1 N–H and O–H groups in total. The van der Waals surface area contributed by atoms with E-state index in [0.29, 0.717) is 38.0 Å². The van der Waals surface area contributed by atoms with E-state index >= 15 is 0 Å². The van der Waals surface area contributed by atoms with Crippen molar-refractivity contribution in [3.63, 3.8) is 0 Å². The second-order valence-corrected chi connectivity index (χ2v) is 8.75. The first-order valence-electron chi connectivity index (χ1n) is 9.59. The average Bonchev–Trinajstić information content (AvgIpc) is 2.73. The van der Waals surface area contributed by atoms with Gasteiger partial charge in [-0.05, 0) is 44.0 Å². The van der Waals surface area contributed by atoms with Crippen molar-refractivity contribution in [1.29, 1.82) is 0 Å². The average molecular weight is 402 g/mol. The highest BCUT2D eigenvalue weighted by molar-refractivity contribution is 7.89. The van der Waals surface area contributed by atoms with Crippen molar-refractivity contribution >= 4 is 21.6 Å². The predicted octanol–water partition coefficient (Wildman–Crippen LogP) is 2.73. The number of amides is 1. The Balaban J connectivity index is 1.67. The van der Waals surface area contributed by atoms with Gasteiger partial charge in [-0.2, -0.15) is 0 Å². The van der Waals surface area contributed by atoms with E-state index in [2.05, 4.69) is 9.62 Å². The first-order chi connectivity index (χ1) is 13.4. The summed E-state index contributed by atoms with van der Waals surface area (Å²) in [5.74, 6) is 0.00463. The fourth-order valence-electron chi connectivity index (χ4n) is 3.40. The molecule has 0 radical (unpaired) electrons. The van der Waals surface area contributed by atoms with Crippen LogP contribution in [-0.2, 0) is 10.0 Å². The summed E-state index contributed by atoms with van der Waals surface area (Å²) in [5, 5.41) is 0. The Kier molecular flexibility index (Phi) is 6.36. The molecule has 1 heterocycles. The van der Waals surface area contributed by atoms with Gasteiger partial charge in [0.2, 0.25) is 10.0 Å². The predicted molar refractivity (Wildman–Crippen MR) is 111 cm³/mol. The number of sulfonamides is 1. The number of hydrogen-bond donors (Lipinski definition) is 1. The number of piperidine rings is 1. The summed E-state index contributed by atoms with van der Waals surface area (Å²) >= 11 is 0. The quantitative estimate of drug-likeness (QED) is 0.808. The molecule has 7 heteroatoms. The molecule has 2 aromatic rings. The van der Waals surface area contributed by atoms with E-state index in [-0.39, 0.29) is 16.8 Å². The highest BCUT2D eigenvalue weighted by atomic mass is 32.2. The molecule has 0 aliphatic carbocycles. The van der Waals surface area contributed by atoms with Crippen LogP contribution in [0.4, 0.5) is 5.69 Å². The molecule has 1 fully saturated rings. The van der Waals surface area contributed by atoms with E-state index in [1.54, 1.807) is 42.3 Å². The third-order valence-electron chi connectivity index (χ3n) is 5.17. The molecule has 1 aliphatic rings. The van der Waals surface area contributed by atoms with Crippen LogP contribution < -0.4 is 9.62 Å². The van der Waals surface area contributed by atoms with Gasteiger partial charge in [-0.15, -0.1) is 0 Å². The number of carbonyl (C=O) groups excluding carboxylic acids is 1. The molecule has 28 heavy (non-hydrogen) atoms. The number of para-hydroxylation sites is 1. The monoisotopic (exact) mass is 401 g/mol. The maximum Gasteiger partial charge on any atom is 0.255 e. The first-order valence-corrected chi connectivity index (χ1v) is 11.1. The Morgan fingerprint density at radius 3 is 2.32 bits per heavy atom. The van der Waals surface area contributed by atoms with Crippen LogP contribution in [0.2, 0.25) is 0 Å². The fraction of sp³-hybridized carbons (Fsp3) is 0.381. The van der Waals surface area contributed by atoms with Gasteiger partial charge in [-0.3, -0.25) is 4.79 Å². The summed E-state index contributed by atoms with van der Waals surface area (Å²) in [5.41, 5.74) is 1.60. The number of carbonyl (C=O) groups is 1. The maximum atomic E-state index is 12.7. The van der Waals surface area contributed by atoms with Crippen LogP contribution in [0.15, 0.2) is 59.5 Å². The Morgan fingerprint density at radius 2 is 1.68 bits per heavy atom. The maximum absolute atomic E-state index is 12.7. The van der Waals surface area contributed by atoms with Crippen molar-refractivity contribution in [2.24, 2.45) is 0 Å². The number of hydrogen-bond acceptors (Lipinski definition) is 4. The second-order valence-electron chi connectivity index (χ2n) is 7.03. The summed E-state index contributed by atoms with van der Waals surface area (Å²) < 4.78 is 27.9. The zero-order valence-corrected chi connectivity index (χ0v) is 17.2. The van der Waals surface area contributed by atoms with Gasteiger partial charge in [0, 0.05) is 38.4 Å². The molecular formula is C21H27N3O3S. The summed E-state index contributed by atoms with van der Waals surface area (Å²) in [6.07, 6.45) is 1.39. The van der Waals surface area contributed by atoms with Crippen molar-refractivity contribution in [1.82, 2.24) is 9.62 Å². The van der Waals surface area contributed by atoms with Crippen LogP contribution in [0.1, 0.15) is 30.1 Å². The largest absolute Gasteiger partial charge is 0.371 e. The lowest BCUT2D eigenvalue weighted by Crippen LogP contribution is -2.45. The Labute approximate surface area is 167 Å². The molecule has 0 aromatic heterocycles. The number of nitrogens with zero attached hydrogens (tertiary/aromatic N) is 2. The Hall–Kier alpha value is -2.38. The molecule has 0 spiro atoms. The zero-order chi connectivity index (χ0) is 20.1. The number of nitrogens with one attached hydrogen (secondary N) is 1. The molecule has 3 rings (SSSR count). The first kappa shape index (κ1) is 20.4. The Morgan fingerprint density at radius 1 is 1.07 bits per heavy atom. The molecule has 0 atom stereocenters. The molecule has 0 bridgehead atoms. The lowest BCUT2D eigenvalue weighted by molar-refractivity contribution is 0.0803. The summed E-state index contributed by atoms with van der Waals surface area (Å²) in [6.45, 7) is 3.99. The van der Waals surface area contributed by atoms with Gasteiger partial charge in [-0.25, -0.2) is 13.1 Å². The minimum atomic E-state index is -3.51. The smallest absolute Gasteiger partial charge is 0.255 e. The van der Waals surface area contributed by atoms with E-state index in [1.807, 2.05) is 31.2 Å². The Bertz CT molecular complexity index is 908. The highest BCUT2D eigenvalue weighted by Gasteiger charge is 2.26. The van der Waals surface area contributed by atoms with E-state index in [0.717, 1.165) is 5.69 Å². The van der Waals surface area contributed by atoms with E-state index < -0.39 is 10.0 Å². The highest BCUT2D eigenvalue weighted by Crippen LogP contribution is 2.26. The van der Waals surface area contributed by atoms with Gasteiger partial charge in [-0.1, -0.05) is 30.3 Å². The molecule has 1 aliphatic heterocycles. The number of anilines is 1. The number of rotatable bonds is 6. The van der Waals surface area contributed by atoms with Crippen molar-refractivity contribution in [2.45, 2.75) is 30.7 Å². The lowest BCUT2D eigenvalue weighted by Gasteiger charge is -2.35. The van der Waals surface area contributed by atoms with Crippen molar-refractivity contribution in [2.75, 3.05) is 31.6 Å². The van der Waals surface area contributed by atoms with E-state index in [4.69, 9.17) is 0 Å². The topological polar surface area (TPSA) is 69.7 Å². The van der Waals surface area contributed by atoms with Gasteiger partial charge in [0.05, 0.1) is 10.5 Å². The normalized spacial score (nSPS) is 15.4. The summed E-state index contributed by atoms with van der Waals surface area (Å²) in [6, 6.07) is 16.0. The van der Waals surface area contributed by atoms with E-state index in [1.165, 1.54) is 0 Å². The second kappa shape index (κ2) is 8.75. The van der Waals surface area contributed by atoms with Crippen molar-refractivity contribution in [3.8, 4) is 0 Å². The molecule has 0 unspecified atom stereocenters. The van der Waals surface area contributed by atoms with Gasteiger partial charge in [0.1, 0.15) is 0 Å². The molecule has 1 saturated heterocycles. The van der Waals surface area contributed by atoms with Crippen molar-refractivity contribution < 1.29 is 13.2 Å². The zero-order valence-electron chi connectivity index (χ0n) is 16.3. The molecule has 150 valence electrons. The van der Waals surface area contributed by atoms with Crippen LogP contribution in [0.3, 0.4) is 0 Å². The van der Waals surface area contributed by atoms with Crippen LogP contribution in [0, 0.1) is 0 Å². The van der Waals surface area contributed by atoms with Gasteiger partial charge in [0.25, 0.3) is 5.91 Å². The van der Waals surface area contributed by atoms with Gasteiger partial charge < -0.3 is 9.80 Å². The molecule has 6 nitrogen and oxygen atoms in total. The summed E-state index contributed by atoms with van der Waals surface area (Å²) in [7, 11) is -1.71. The minimum absolute atomic E-state index is 0.00463. The van der Waals surface area contributed by atoms with E-state index in [9.17, 15) is 13.2 Å². The molecular weight excluding hydrogens is 374 g/mol. The standard InChI is InChI=1S/C21H27N3O3S/c1-3-23(2)21(25)19-11-7-8-12-20(19)24-15-13-17(14-16-24)22-28(26,27)18-9-5-4-6-10-18/h4-12,17,22H,3,13-16H2,1-2H3. The third-order valence-corrected chi connectivity index (χ3v) is 6.70. The van der Waals surface area contributed by atoms with Crippen LogP contribution in [0.5, 0.6) is 0 Å². The number of benzene rings is 2. The third kappa shape index (κ3) is 4.54. The molecule has 1 amide bonds. The SMILES string of the molecule is CCN(C)C(=O)c1ccccc1N1CCC(NS(=O)(=O)c2ccccc2)CC1. The molecule has 0 saturated carbocycles.